The molecule has 5 heteroatoms. The molecule has 69 valence electrons. The zero-order valence-electron chi connectivity index (χ0n) is 6.54. The Morgan fingerprint density at radius 1 is 1.46 bits per heavy atom. The normalized spacial score (nSPS) is 10.0. The molecule has 1 radical (unpaired) electrons. The van der Waals surface area contributed by atoms with Gasteiger partial charge in [-0.15, -0.1) is 0 Å². The van der Waals surface area contributed by atoms with Crippen LogP contribution in [0.5, 0.6) is 0 Å². The summed E-state index contributed by atoms with van der Waals surface area (Å²) in [4.78, 5) is 9.31. The first kappa shape index (κ1) is 9.57. The third-order valence-corrected chi connectivity index (χ3v) is 1.42. The Morgan fingerprint density at radius 3 is 2.77 bits per heavy atom. The third-order valence-electron chi connectivity index (χ3n) is 1.42. The lowest BCUT2D eigenvalue weighted by Crippen LogP contribution is -2.03. The Bertz CT molecular complexity index is 328. The van der Waals surface area contributed by atoms with Gasteiger partial charge in [0.15, 0.2) is 0 Å². The summed E-state index contributed by atoms with van der Waals surface area (Å²) in [5, 5.41) is 9.93. The minimum Gasteiger partial charge on any atom is -0.265 e. The Labute approximate surface area is 73.1 Å². The average molecular weight is 186 g/mol. The molecule has 13 heavy (non-hydrogen) atoms. The topological polar surface area (TPSA) is 43.1 Å². The van der Waals surface area contributed by atoms with Crippen LogP contribution in [0.1, 0.15) is 5.56 Å². The molecule has 0 fully saturated rings. The number of halogens is 2. The predicted octanol–water partition coefficient (Wildman–Crippen LogP) is 1.79. The monoisotopic (exact) mass is 186 g/mol. The van der Waals surface area contributed by atoms with Crippen LogP contribution >= 0.6 is 0 Å². The van der Waals surface area contributed by atoms with Crippen LogP contribution in [-0.2, 0) is 0 Å². The van der Waals surface area contributed by atoms with Gasteiger partial charge in [-0.1, -0.05) is 0 Å². The number of rotatable bonds is 3. The fourth-order valence-corrected chi connectivity index (χ4v) is 0.844. The first-order valence-corrected chi connectivity index (χ1v) is 3.49. The van der Waals surface area contributed by atoms with Crippen molar-refractivity contribution in [3.05, 3.63) is 51.9 Å². The highest BCUT2D eigenvalue weighted by atomic mass is 19.1. The van der Waals surface area contributed by atoms with Crippen molar-refractivity contribution in [2.75, 3.05) is 6.54 Å². The largest absolute Gasteiger partial charge is 0.265 e. The lowest BCUT2D eigenvalue weighted by Gasteiger charge is -1.98. The fraction of sp³-hybridized carbons (Fsp3) is 0.125. The molecule has 1 rings (SSSR count). The van der Waals surface area contributed by atoms with Crippen LogP contribution in [0.15, 0.2) is 18.2 Å². The molecule has 0 aliphatic heterocycles. The summed E-state index contributed by atoms with van der Waals surface area (Å²) in [7, 11) is 0. The van der Waals surface area contributed by atoms with Gasteiger partial charge in [0.05, 0.1) is 6.42 Å². The van der Waals surface area contributed by atoms with E-state index in [1.54, 1.807) is 0 Å². The van der Waals surface area contributed by atoms with Gasteiger partial charge in [0.25, 0.3) is 0 Å². The zero-order valence-corrected chi connectivity index (χ0v) is 6.54. The van der Waals surface area contributed by atoms with Crippen LogP contribution in [-0.4, -0.2) is 11.5 Å². The maximum absolute atomic E-state index is 12.8. The molecule has 0 aromatic heterocycles. The van der Waals surface area contributed by atoms with Gasteiger partial charge < -0.3 is 0 Å². The van der Waals surface area contributed by atoms with E-state index in [-0.39, 0.29) is 5.56 Å². The van der Waals surface area contributed by atoms with Crippen molar-refractivity contribution in [1.29, 1.82) is 0 Å². The second-order valence-electron chi connectivity index (χ2n) is 2.39. The van der Waals surface area contributed by atoms with E-state index in [2.05, 4.69) is 0 Å². The van der Waals surface area contributed by atoms with E-state index in [1.165, 1.54) is 0 Å². The number of benzene rings is 1. The Morgan fingerprint density at radius 2 is 2.15 bits per heavy atom. The lowest BCUT2D eigenvalue weighted by molar-refractivity contribution is -0.471. The van der Waals surface area contributed by atoms with E-state index in [0.29, 0.717) is 0 Å². The van der Waals surface area contributed by atoms with Crippen LogP contribution in [0.3, 0.4) is 0 Å². The van der Waals surface area contributed by atoms with E-state index in [0.717, 1.165) is 24.6 Å². The van der Waals surface area contributed by atoms with Gasteiger partial charge in [0, 0.05) is 10.5 Å². The van der Waals surface area contributed by atoms with Crippen LogP contribution in [0.2, 0.25) is 0 Å². The van der Waals surface area contributed by atoms with Crippen molar-refractivity contribution >= 4 is 0 Å². The van der Waals surface area contributed by atoms with Gasteiger partial charge in [-0.25, -0.2) is 8.78 Å². The molecule has 0 N–H and O–H groups in total. The summed E-state index contributed by atoms with van der Waals surface area (Å²) in [6, 6.07) is 2.80. The van der Waals surface area contributed by atoms with Gasteiger partial charge >= 0.3 is 0 Å². The Hall–Kier alpha value is -1.52. The molecule has 0 aliphatic carbocycles. The van der Waals surface area contributed by atoms with Crippen molar-refractivity contribution < 1.29 is 13.7 Å². The molecule has 0 saturated heterocycles. The maximum Gasteiger partial charge on any atom is 0.211 e. The van der Waals surface area contributed by atoms with Crippen molar-refractivity contribution in [1.82, 2.24) is 0 Å². The highest BCUT2D eigenvalue weighted by Crippen LogP contribution is 2.11. The molecule has 0 spiro atoms. The molecule has 0 heterocycles. The van der Waals surface area contributed by atoms with Crippen molar-refractivity contribution in [2.45, 2.75) is 0 Å². The molecule has 3 nitrogen and oxygen atoms in total. The SMILES string of the molecule is O=[N+]([O-])C[CH]c1cc(F)ccc1F. The van der Waals surface area contributed by atoms with Gasteiger partial charge in [0.2, 0.25) is 6.54 Å². The van der Waals surface area contributed by atoms with Gasteiger partial charge in [-0.3, -0.25) is 10.1 Å². The second kappa shape index (κ2) is 3.93. The minimum atomic E-state index is -0.664. The Balaban J connectivity index is 2.75. The van der Waals surface area contributed by atoms with Gasteiger partial charge in [0.1, 0.15) is 11.6 Å². The summed E-state index contributed by atoms with van der Waals surface area (Å²) >= 11 is 0. The zero-order chi connectivity index (χ0) is 9.84. The highest BCUT2D eigenvalue weighted by molar-refractivity contribution is 5.25. The van der Waals surface area contributed by atoms with Crippen molar-refractivity contribution in [3.8, 4) is 0 Å². The average Bonchev–Trinajstić information content (AvgIpc) is 2.06. The van der Waals surface area contributed by atoms with E-state index < -0.39 is 23.1 Å². The van der Waals surface area contributed by atoms with Gasteiger partial charge in [-0.2, -0.15) is 0 Å². The number of hydrogen-bond donors (Lipinski definition) is 0. The molecule has 0 saturated carbocycles. The fourth-order valence-electron chi connectivity index (χ4n) is 0.844. The summed E-state index contributed by atoms with van der Waals surface area (Å²) < 4.78 is 25.3. The van der Waals surface area contributed by atoms with Crippen LogP contribution < -0.4 is 0 Å². The number of hydrogen-bond acceptors (Lipinski definition) is 2. The molecular formula is C8H6F2NO2. The first-order valence-electron chi connectivity index (χ1n) is 3.49. The molecule has 0 atom stereocenters. The second-order valence-corrected chi connectivity index (χ2v) is 2.39. The van der Waals surface area contributed by atoms with Gasteiger partial charge in [-0.05, 0) is 18.2 Å². The minimum absolute atomic E-state index is 0.0864. The summed E-state index contributed by atoms with van der Waals surface area (Å²) in [6.45, 7) is -0.514. The third kappa shape index (κ3) is 2.77. The molecular weight excluding hydrogens is 180 g/mol. The lowest BCUT2D eigenvalue weighted by atomic mass is 10.1. The Kier molecular flexibility index (Phi) is 2.89. The molecule has 0 aliphatic rings. The highest BCUT2D eigenvalue weighted by Gasteiger charge is 2.07. The van der Waals surface area contributed by atoms with E-state index >= 15 is 0 Å². The van der Waals surface area contributed by atoms with E-state index in [1.807, 2.05) is 0 Å². The maximum atomic E-state index is 12.8. The van der Waals surface area contributed by atoms with Crippen molar-refractivity contribution in [3.63, 3.8) is 0 Å². The van der Waals surface area contributed by atoms with Crippen LogP contribution in [0.4, 0.5) is 8.78 Å². The van der Waals surface area contributed by atoms with E-state index in [9.17, 15) is 18.9 Å². The van der Waals surface area contributed by atoms with E-state index in [4.69, 9.17) is 0 Å². The summed E-state index contributed by atoms with van der Waals surface area (Å²) in [6.07, 6.45) is 1.03. The summed E-state index contributed by atoms with van der Waals surface area (Å²) in [5.74, 6) is -1.28. The molecule has 1 aromatic rings. The van der Waals surface area contributed by atoms with Crippen LogP contribution in [0, 0.1) is 28.2 Å². The smallest absolute Gasteiger partial charge is 0.211 e. The standard InChI is InChI=1S/C8H6F2NO2/c9-7-1-2-8(10)6(5-7)3-4-11(12)13/h1-3,5H,4H2. The number of nitrogens with zero attached hydrogens (tertiary/aromatic N) is 1. The first-order chi connectivity index (χ1) is 6.09. The van der Waals surface area contributed by atoms with Crippen LogP contribution in [0.25, 0.3) is 0 Å². The summed E-state index contributed by atoms with van der Waals surface area (Å²) in [5.41, 5.74) is -0.0864. The predicted molar refractivity (Wildman–Crippen MR) is 41.6 cm³/mol. The van der Waals surface area contributed by atoms with Crippen molar-refractivity contribution in [2.24, 2.45) is 0 Å². The number of nitro groups is 1. The quantitative estimate of drug-likeness (QED) is 0.533. The molecule has 1 aromatic carbocycles. The molecule has 0 unspecified atom stereocenters. The molecule has 0 amide bonds. The molecule has 0 bridgehead atoms.